The summed E-state index contributed by atoms with van der Waals surface area (Å²) < 4.78 is 0. The van der Waals surface area contributed by atoms with Gasteiger partial charge in [0.25, 0.3) is 0 Å². The van der Waals surface area contributed by atoms with Crippen molar-refractivity contribution in [3.05, 3.63) is 12.4 Å². The second-order valence-electron chi connectivity index (χ2n) is 4.09. The van der Waals surface area contributed by atoms with Gasteiger partial charge in [0, 0.05) is 32.1 Å². The number of hydrogen-bond donors (Lipinski definition) is 3. The van der Waals surface area contributed by atoms with Crippen molar-refractivity contribution in [1.82, 2.24) is 15.3 Å². The number of nitrogens with one attached hydrogen (secondary N) is 3. The van der Waals surface area contributed by atoms with E-state index < -0.39 is 0 Å². The van der Waals surface area contributed by atoms with Gasteiger partial charge in [-0.05, 0) is 13.3 Å². The minimum Gasteiger partial charge on any atom is -0.373 e. The van der Waals surface area contributed by atoms with Crippen molar-refractivity contribution in [1.29, 1.82) is 0 Å². The van der Waals surface area contributed by atoms with Gasteiger partial charge >= 0.3 is 0 Å². The zero-order valence-corrected chi connectivity index (χ0v) is 11.2. The van der Waals surface area contributed by atoms with E-state index in [9.17, 15) is 4.79 Å². The molecular formula is C12H21N5O. The molecule has 100 valence electrons. The molecule has 1 unspecified atom stereocenters. The second-order valence-corrected chi connectivity index (χ2v) is 4.09. The van der Waals surface area contributed by atoms with Crippen LogP contribution in [0.2, 0.25) is 0 Å². The van der Waals surface area contributed by atoms with Crippen LogP contribution in [0.3, 0.4) is 0 Å². The number of rotatable bonds is 7. The highest BCUT2D eigenvalue weighted by molar-refractivity contribution is 5.76. The van der Waals surface area contributed by atoms with Crippen molar-refractivity contribution in [3.8, 4) is 0 Å². The molecule has 0 aliphatic rings. The average Bonchev–Trinajstić information content (AvgIpc) is 2.38. The summed E-state index contributed by atoms with van der Waals surface area (Å²) in [5, 5.41) is 8.93. The van der Waals surface area contributed by atoms with Crippen molar-refractivity contribution in [2.45, 2.75) is 32.7 Å². The predicted octanol–water partition coefficient (Wildman–Crippen LogP) is 1.23. The maximum Gasteiger partial charge on any atom is 0.221 e. The Balaban J connectivity index is 2.30. The summed E-state index contributed by atoms with van der Waals surface area (Å²) in [5.41, 5.74) is 0. The van der Waals surface area contributed by atoms with Crippen molar-refractivity contribution in [3.63, 3.8) is 0 Å². The Morgan fingerprint density at radius 1 is 1.39 bits per heavy atom. The van der Waals surface area contributed by atoms with Gasteiger partial charge in [0.2, 0.25) is 5.91 Å². The van der Waals surface area contributed by atoms with E-state index in [1.165, 1.54) is 6.33 Å². The fourth-order valence-corrected chi connectivity index (χ4v) is 1.34. The summed E-state index contributed by atoms with van der Waals surface area (Å²) in [6.45, 7) is 4.60. The summed E-state index contributed by atoms with van der Waals surface area (Å²) in [4.78, 5) is 19.6. The van der Waals surface area contributed by atoms with E-state index in [1.54, 1.807) is 13.1 Å². The molecule has 0 aliphatic heterocycles. The van der Waals surface area contributed by atoms with Crippen LogP contribution in [0, 0.1) is 0 Å². The lowest BCUT2D eigenvalue weighted by molar-refractivity contribution is -0.121. The van der Waals surface area contributed by atoms with Gasteiger partial charge in [-0.1, -0.05) is 6.92 Å². The van der Waals surface area contributed by atoms with E-state index in [1.807, 2.05) is 13.8 Å². The van der Waals surface area contributed by atoms with Crippen LogP contribution in [0.15, 0.2) is 12.4 Å². The largest absolute Gasteiger partial charge is 0.373 e. The summed E-state index contributed by atoms with van der Waals surface area (Å²) in [5.74, 6) is 1.52. The Labute approximate surface area is 108 Å². The summed E-state index contributed by atoms with van der Waals surface area (Å²) in [6, 6.07) is 2.03. The molecular weight excluding hydrogens is 230 g/mol. The van der Waals surface area contributed by atoms with E-state index in [4.69, 9.17) is 0 Å². The quantitative estimate of drug-likeness (QED) is 0.679. The predicted molar refractivity (Wildman–Crippen MR) is 72.6 cm³/mol. The zero-order chi connectivity index (χ0) is 13.4. The molecule has 1 aromatic heterocycles. The lowest BCUT2D eigenvalue weighted by Gasteiger charge is -2.11. The van der Waals surface area contributed by atoms with E-state index in [-0.39, 0.29) is 11.9 Å². The second kappa shape index (κ2) is 7.47. The van der Waals surface area contributed by atoms with Crippen LogP contribution in [0.5, 0.6) is 0 Å². The lowest BCUT2D eigenvalue weighted by atomic mass is 10.2. The third-order valence-electron chi connectivity index (χ3n) is 2.60. The number of amides is 1. The van der Waals surface area contributed by atoms with Crippen molar-refractivity contribution < 1.29 is 4.79 Å². The number of anilines is 2. The fraction of sp³-hybridized carbons (Fsp3) is 0.583. The molecule has 6 nitrogen and oxygen atoms in total. The van der Waals surface area contributed by atoms with Gasteiger partial charge in [0.15, 0.2) is 0 Å². The Morgan fingerprint density at radius 2 is 2.11 bits per heavy atom. The molecule has 1 atom stereocenters. The maximum absolute atomic E-state index is 11.5. The molecule has 0 spiro atoms. The van der Waals surface area contributed by atoms with Crippen LogP contribution in [-0.2, 0) is 4.79 Å². The first-order chi connectivity index (χ1) is 8.65. The van der Waals surface area contributed by atoms with Crippen LogP contribution < -0.4 is 16.0 Å². The van der Waals surface area contributed by atoms with Crippen molar-refractivity contribution in [2.24, 2.45) is 0 Å². The number of aromatic nitrogens is 2. The highest BCUT2D eigenvalue weighted by Gasteiger charge is 2.05. The zero-order valence-electron chi connectivity index (χ0n) is 11.2. The molecule has 1 amide bonds. The van der Waals surface area contributed by atoms with Gasteiger partial charge < -0.3 is 16.0 Å². The Kier molecular flexibility index (Phi) is 5.90. The van der Waals surface area contributed by atoms with Crippen LogP contribution in [-0.4, -0.2) is 35.5 Å². The number of carbonyl (C=O) groups excluding carboxylic acids is 1. The molecule has 1 rings (SSSR count). The highest BCUT2D eigenvalue weighted by Crippen LogP contribution is 2.07. The first-order valence-corrected chi connectivity index (χ1v) is 6.18. The van der Waals surface area contributed by atoms with Gasteiger partial charge in [-0.25, -0.2) is 9.97 Å². The van der Waals surface area contributed by atoms with E-state index >= 15 is 0 Å². The fourth-order valence-electron chi connectivity index (χ4n) is 1.34. The SMILES string of the molecule is CCC(C)NC(=O)CCNc1cc(NC)ncn1. The van der Waals surface area contributed by atoms with Gasteiger partial charge in [0.1, 0.15) is 18.0 Å². The van der Waals surface area contributed by atoms with Gasteiger partial charge in [0.05, 0.1) is 0 Å². The summed E-state index contributed by atoms with van der Waals surface area (Å²) in [7, 11) is 1.80. The third kappa shape index (κ3) is 4.99. The molecule has 6 heteroatoms. The normalized spacial score (nSPS) is 11.7. The molecule has 18 heavy (non-hydrogen) atoms. The van der Waals surface area contributed by atoms with E-state index in [2.05, 4.69) is 25.9 Å². The van der Waals surface area contributed by atoms with Crippen LogP contribution in [0.25, 0.3) is 0 Å². The smallest absolute Gasteiger partial charge is 0.221 e. The topological polar surface area (TPSA) is 78.9 Å². The van der Waals surface area contributed by atoms with E-state index in [0.717, 1.165) is 12.2 Å². The molecule has 0 bridgehead atoms. The van der Waals surface area contributed by atoms with Crippen molar-refractivity contribution in [2.75, 3.05) is 24.2 Å². The van der Waals surface area contributed by atoms with Gasteiger partial charge in [-0.2, -0.15) is 0 Å². The van der Waals surface area contributed by atoms with Crippen LogP contribution in [0.1, 0.15) is 26.7 Å². The number of hydrogen-bond acceptors (Lipinski definition) is 5. The van der Waals surface area contributed by atoms with Gasteiger partial charge in [-0.3, -0.25) is 4.79 Å². The standard InChI is InChI=1S/C12H21N5O/c1-4-9(2)17-12(18)5-6-14-11-7-10(13-3)15-8-16-11/h7-9H,4-6H2,1-3H3,(H,17,18)(H2,13,14,15,16). The van der Waals surface area contributed by atoms with Crippen LogP contribution >= 0.6 is 0 Å². The van der Waals surface area contributed by atoms with Gasteiger partial charge in [-0.15, -0.1) is 0 Å². The van der Waals surface area contributed by atoms with Crippen molar-refractivity contribution >= 4 is 17.5 Å². The average molecular weight is 251 g/mol. The Hall–Kier alpha value is -1.85. The molecule has 3 N–H and O–H groups in total. The van der Waals surface area contributed by atoms with E-state index in [0.29, 0.717) is 18.8 Å². The Bertz CT molecular complexity index is 382. The molecule has 0 radical (unpaired) electrons. The Morgan fingerprint density at radius 3 is 2.78 bits per heavy atom. The molecule has 0 fully saturated rings. The lowest BCUT2D eigenvalue weighted by Crippen LogP contribution is -2.33. The molecule has 0 aliphatic carbocycles. The van der Waals surface area contributed by atoms with Crippen LogP contribution in [0.4, 0.5) is 11.6 Å². The summed E-state index contributed by atoms with van der Waals surface area (Å²) in [6.07, 6.45) is 2.85. The molecule has 1 heterocycles. The molecule has 0 saturated carbocycles. The molecule has 0 saturated heterocycles. The molecule has 1 aromatic rings. The number of nitrogens with zero attached hydrogens (tertiary/aromatic N) is 2. The third-order valence-corrected chi connectivity index (χ3v) is 2.60. The minimum atomic E-state index is 0.0553. The first kappa shape index (κ1) is 14.2. The number of carbonyl (C=O) groups is 1. The summed E-state index contributed by atoms with van der Waals surface area (Å²) >= 11 is 0. The molecule has 0 aromatic carbocycles. The monoisotopic (exact) mass is 251 g/mol. The maximum atomic E-state index is 11.5. The highest BCUT2D eigenvalue weighted by atomic mass is 16.1. The minimum absolute atomic E-state index is 0.0553. The first-order valence-electron chi connectivity index (χ1n) is 6.18.